The Hall–Kier alpha value is -6.38. The summed E-state index contributed by atoms with van der Waals surface area (Å²) in [6, 6.07) is 15.1. The summed E-state index contributed by atoms with van der Waals surface area (Å²) in [5.74, 6) is 1.26. The Morgan fingerprint density at radius 3 is 1.81 bits per heavy atom. The van der Waals surface area contributed by atoms with E-state index in [1.54, 1.807) is 0 Å². The highest BCUT2D eigenvalue weighted by molar-refractivity contribution is 6.02. The highest BCUT2D eigenvalue weighted by Crippen LogP contribution is 2.54. The van der Waals surface area contributed by atoms with Crippen LogP contribution in [-0.4, -0.2) is 104 Å². The average Bonchev–Trinajstić information content (AvgIpc) is 3.93. The van der Waals surface area contributed by atoms with Crippen LogP contribution in [0.1, 0.15) is 70.8 Å². The smallest absolute Gasteiger partial charge is 0.407 e. The Kier molecular flexibility index (Phi) is 9.75. The van der Waals surface area contributed by atoms with Crippen molar-refractivity contribution in [2.75, 3.05) is 14.2 Å². The Balaban J connectivity index is 0.843. The van der Waals surface area contributed by atoms with Crippen LogP contribution < -0.4 is 10.6 Å². The molecule has 0 unspecified atom stereocenters. The number of hydrogen-bond acceptors (Lipinski definition) is 10. The molecule has 2 saturated heterocycles. The number of alkyl carbamates (subject to hydrolysis) is 2. The van der Waals surface area contributed by atoms with E-state index < -0.39 is 24.3 Å². The van der Waals surface area contributed by atoms with Gasteiger partial charge < -0.3 is 34.9 Å². The number of benzene rings is 2. The molecule has 10 rings (SSSR count). The van der Waals surface area contributed by atoms with E-state index in [4.69, 9.17) is 29.4 Å². The number of ether oxygens (including phenoxy) is 2. The first kappa shape index (κ1) is 39.7. The molecule has 8 atom stereocenters. The number of fused-ring (bicyclic) bond motifs is 5. The number of amides is 4. The molecule has 2 aliphatic carbocycles. The number of H-pyrrole nitrogens is 1. The molecule has 62 heavy (non-hydrogen) atoms. The minimum absolute atomic E-state index is 0.0708. The fraction of sp³-hybridized carbons (Fsp3) is 0.447. The summed E-state index contributed by atoms with van der Waals surface area (Å²) in [5.41, 5.74) is 10.1. The number of rotatable bonds is 10. The first-order chi connectivity index (χ1) is 29.9. The summed E-state index contributed by atoms with van der Waals surface area (Å²) < 4.78 is 9.64. The first-order valence-electron chi connectivity index (χ1n) is 21.7. The fourth-order valence-electron chi connectivity index (χ4n) is 10.1. The van der Waals surface area contributed by atoms with Gasteiger partial charge in [0.15, 0.2) is 0 Å². The summed E-state index contributed by atoms with van der Waals surface area (Å²) in [6.45, 7) is 7.71. The Labute approximate surface area is 359 Å². The van der Waals surface area contributed by atoms with Gasteiger partial charge >= 0.3 is 12.2 Å². The van der Waals surface area contributed by atoms with Gasteiger partial charge in [0.25, 0.3) is 0 Å². The SMILES string of the molecule is COC(=O)N[C@H](C(=O)N1[C@@H]2C[C@@H]2C[C@H]1C1=Nc2ccc(-c3cnc4cc(-c5ccc6nc([C@@H]7C[C@H]8C[C@H]8N7C(=O)[C@@H](NC(=O)OC)C(C)C)[nH]c6c5)cnc4c3)cc2C1)C(C)C. The highest BCUT2D eigenvalue weighted by Gasteiger charge is 2.57. The number of aliphatic imine (C=N–C) groups is 1. The van der Waals surface area contributed by atoms with Gasteiger partial charge in [0, 0.05) is 47.7 Å². The van der Waals surface area contributed by atoms with Gasteiger partial charge in [-0.1, -0.05) is 39.8 Å². The zero-order chi connectivity index (χ0) is 43.1. The Morgan fingerprint density at radius 2 is 1.23 bits per heavy atom. The monoisotopic (exact) mass is 837 g/mol. The normalized spacial score (nSPS) is 24.1. The lowest BCUT2D eigenvalue weighted by molar-refractivity contribution is -0.137. The lowest BCUT2D eigenvalue weighted by atomic mass is 9.97. The minimum atomic E-state index is -0.691. The van der Waals surface area contributed by atoms with E-state index in [0.29, 0.717) is 18.3 Å². The van der Waals surface area contributed by atoms with Crippen molar-refractivity contribution in [3.05, 3.63) is 72.3 Å². The van der Waals surface area contributed by atoms with Crippen molar-refractivity contribution in [3.8, 4) is 22.3 Å². The molecule has 6 heterocycles. The van der Waals surface area contributed by atoms with E-state index in [-0.39, 0.29) is 47.8 Å². The Morgan fingerprint density at radius 1 is 0.677 bits per heavy atom. The van der Waals surface area contributed by atoms with Gasteiger partial charge in [-0.3, -0.25) is 24.5 Å². The van der Waals surface area contributed by atoms with Gasteiger partial charge in [0.2, 0.25) is 11.8 Å². The number of piperidine rings is 2. The number of carbonyl (C=O) groups excluding carboxylic acids is 4. The third-order valence-corrected chi connectivity index (χ3v) is 13.6. The van der Waals surface area contributed by atoms with E-state index in [1.807, 2.05) is 74.2 Å². The fourth-order valence-corrected chi connectivity index (χ4v) is 10.1. The molecule has 4 fully saturated rings. The molecule has 3 aliphatic heterocycles. The van der Waals surface area contributed by atoms with Crippen molar-refractivity contribution >= 4 is 57.5 Å². The third kappa shape index (κ3) is 7.00. The molecule has 2 saturated carbocycles. The maximum atomic E-state index is 13.9. The molecular weight excluding hydrogens is 787 g/mol. The zero-order valence-corrected chi connectivity index (χ0v) is 35.7. The molecule has 0 spiro atoms. The van der Waals surface area contributed by atoms with Gasteiger partial charge in [0.05, 0.1) is 54.1 Å². The molecule has 4 amide bonds. The number of hydrogen-bond donors (Lipinski definition) is 3. The summed E-state index contributed by atoms with van der Waals surface area (Å²) >= 11 is 0. The third-order valence-electron chi connectivity index (χ3n) is 13.6. The predicted octanol–water partition coefficient (Wildman–Crippen LogP) is 6.88. The number of aromatic nitrogens is 4. The maximum Gasteiger partial charge on any atom is 0.407 e. The van der Waals surface area contributed by atoms with Crippen molar-refractivity contribution in [3.63, 3.8) is 0 Å². The average molecular weight is 838 g/mol. The summed E-state index contributed by atoms with van der Waals surface area (Å²) in [7, 11) is 2.61. The second kappa shape index (κ2) is 15.2. The lowest BCUT2D eigenvalue weighted by Crippen LogP contribution is -2.55. The molecule has 15 heteroatoms. The van der Waals surface area contributed by atoms with Crippen molar-refractivity contribution in [1.82, 2.24) is 40.4 Å². The van der Waals surface area contributed by atoms with Crippen LogP contribution in [0.3, 0.4) is 0 Å². The molecular formula is C47H51N9O6. The molecule has 15 nitrogen and oxygen atoms in total. The Bertz CT molecular complexity index is 2690. The van der Waals surface area contributed by atoms with E-state index in [1.165, 1.54) is 14.2 Å². The van der Waals surface area contributed by atoms with Crippen LogP contribution in [0.5, 0.6) is 0 Å². The first-order valence-corrected chi connectivity index (χ1v) is 21.7. The van der Waals surface area contributed by atoms with Gasteiger partial charge in [0.1, 0.15) is 17.9 Å². The largest absolute Gasteiger partial charge is 0.453 e. The summed E-state index contributed by atoms with van der Waals surface area (Å²) in [5, 5.41) is 5.51. The van der Waals surface area contributed by atoms with E-state index in [9.17, 15) is 19.2 Å². The van der Waals surface area contributed by atoms with Crippen molar-refractivity contribution in [1.29, 1.82) is 0 Å². The lowest BCUT2D eigenvalue weighted by Gasteiger charge is -2.32. The summed E-state index contributed by atoms with van der Waals surface area (Å²) in [4.78, 5) is 79.2. The van der Waals surface area contributed by atoms with Crippen molar-refractivity contribution in [2.24, 2.45) is 28.7 Å². The summed E-state index contributed by atoms with van der Waals surface area (Å²) in [6.07, 6.45) is 6.85. The number of methoxy groups -OCH3 is 2. The predicted molar refractivity (Wildman–Crippen MR) is 232 cm³/mol. The molecule has 2 aromatic carbocycles. The molecule has 0 bridgehead atoms. The second-order valence-electron chi connectivity index (χ2n) is 18.3. The number of pyridine rings is 2. The van der Waals surface area contributed by atoms with E-state index >= 15 is 0 Å². The van der Waals surface area contributed by atoms with Crippen LogP contribution in [0.2, 0.25) is 0 Å². The number of aromatic amines is 1. The topological polar surface area (TPSA) is 184 Å². The van der Waals surface area contributed by atoms with Crippen LogP contribution in [-0.2, 0) is 25.5 Å². The standard InChI is InChI=1S/C47H51N9O6/c1-22(2)41(53-46(59)61-5)44(57)55-37-16-27(37)18-39(55)36-13-26-11-24(7-9-31(26)50-36)29-14-33-34(48-20-29)15-30(21-49-33)25-8-10-32-35(12-25)52-43(51-32)40-19-28-17-38(28)56(40)45(58)42(23(3)4)54-47(60)62-6/h7-12,14-15,20-23,27-28,37-42H,13,16-19H2,1-6H3,(H,51,52)(H,53,59)(H,54,60)/t27-,28-,37-,38-,39+,40+,41+,42+/m1/s1. The van der Waals surface area contributed by atoms with Gasteiger partial charge in [-0.2, -0.15) is 0 Å². The number of nitrogens with zero attached hydrogens (tertiary/aromatic N) is 6. The molecule has 3 aromatic heterocycles. The number of nitrogens with one attached hydrogen (secondary N) is 3. The second-order valence-corrected chi connectivity index (χ2v) is 18.3. The zero-order valence-electron chi connectivity index (χ0n) is 35.7. The van der Waals surface area contributed by atoms with Crippen LogP contribution in [0.4, 0.5) is 15.3 Å². The quantitative estimate of drug-likeness (QED) is 0.135. The number of likely N-dealkylation sites (tertiary alicyclic amines) is 2. The highest BCUT2D eigenvalue weighted by atomic mass is 16.5. The van der Waals surface area contributed by atoms with Gasteiger partial charge in [-0.15, -0.1) is 0 Å². The molecule has 320 valence electrons. The molecule has 0 radical (unpaired) electrons. The van der Waals surface area contributed by atoms with Crippen molar-refractivity contribution < 1.29 is 28.7 Å². The molecule has 5 aliphatic rings. The van der Waals surface area contributed by atoms with Crippen LogP contribution in [0.25, 0.3) is 44.3 Å². The van der Waals surface area contributed by atoms with Gasteiger partial charge in [-0.05, 0) is 102 Å². The van der Waals surface area contributed by atoms with E-state index in [0.717, 1.165) is 92.8 Å². The number of imidazole rings is 1. The van der Waals surface area contributed by atoms with Crippen molar-refractivity contribution in [2.45, 2.75) is 96.1 Å². The van der Waals surface area contributed by atoms with E-state index in [2.05, 4.69) is 39.9 Å². The molecule has 3 N–H and O–H groups in total. The van der Waals surface area contributed by atoms with Crippen LogP contribution >= 0.6 is 0 Å². The van der Waals surface area contributed by atoms with Crippen LogP contribution in [0.15, 0.2) is 65.9 Å². The van der Waals surface area contributed by atoms with Gasteiger partial charge in [-0.25, -0.2) is 14.6 Å². The minimum Gasteiger partial charge on any atom is -0.453 e. The number of carbonyl (C=O) groups is 4. The van der Waals surface area contributed by atoms with Crippen LogP contribution in [0, 0.1) is 23.7 Å². The molecule has 5 aromatic rings. The maximum absolute atomic E-state index is 13.9.